The topological polar surface area (TPSA) is 9.23 Å². The van der Waals surface area contributed by atoms with Crippen LogP contribution in [0, 0.1) is 12.1 Å². The highest BCUT2D eigenvalue weighted by molar-refractivity contribution is 5.85. The maximum atomic E-state index is 5.71. The first-order valence-electron chi connectivity index (χ1n) is 5.91. The molecule has 0 atom stereocenters. The van der Waals surface area contributed by atoms with Gasteiger partial charge in [0.15, 0.2) is 0 Å². The third-order valence-electron chi connectivity index (χ3n) is 2.88. The summed E-state index contributed by atoms with van der Waals surface area (Å²) in [5.74, 6) is 0.727. The van der Waals surface area contributed by atoms with Gasteiger partial charge in [-0.1, -0.05) is 48.5 Å². The zero-order chi connectivity index (χ0) is 12.2. The number of hydrogen-bond donors (Lipinski definition) is 0. The SMILES string of the molecule is [c]1cc[c]c(OCc2cccc3ccccc23)c1. The standard InChI is InChI=1S/C17H12O/c1-2-10-16(11-3-1)18-13-15-9-6-8-14-7-4-5-12-17(14)15/h1-2,4-9,11-12H,13H2. The Balaban J connectivity index is 1.87. The second-order valence-electron chi connectivity index (χ2n) is 4.08. The molecule has 0 aliphatic rings. The molecule has 1 nitrogen and oxygen atoms in total. The molecular weight excluding hydrogens is 220 g/mol. The summed E-state index contributed by atoms with van der Waals surface area (Å²) in [7, 11) is 0. The molecule has 0 bridgehead atoms. The fourth-order valence-electron chi connectivity index (χ4n) is 1.99. The maximum Gasteiger partial charge on any atom is 0.128 e. The number of rotatable bonds is 3. The highest BCUT2D eigenvalue weighted by Crippen LogP contribution is 2.20. The molecule has 0 amide bonds. The van der Waals surface area contributed by atoms with Gasteiger partial charge in [0.05, 0.1) is 0 Å². The van der Waals surface area contributed by atoms with Gasteiger partial charge in [0, 0.05) is 6.07 Å². The van der Waals surface area contributed by atoms with Crippen LogP contribution in [0.2, 0.25) is 0 Å². The largest absolute Gasteiger partial charge is 0.488 e. The number of ether oxygens (including phenoxy) is 1. The van der Waals surface area contributed by atoms with E-state index in [9.17, 15) is 0 Å². The second-order valence-corrected chi connectivity index (χ2v) is 4.08. The second kappa shape index (κ2) is 4.92. The Labute approximate surface area is 107 Å². The lowest BCUT2D eigenvalue weighted by Gasteiger charge is -2.08. The predicted molar refractivity (Wildman–Crippen MR) is 72.4 cm³/mol. The maximum absolute atomic E-state index is 5.71. The molecule has 0 aliphatic carbocycles. The molecule has 0 unspecified atom stereocenters. The van der Waals surface area contributed by atoms with Gasteiger partial charge in [0.25, 0.3) is 0 Å². The van der Waals surface area contributed by atoms with Crippen molar-refractivity contribution < 1.29 is 4.74 Å². The normalized spacial score (nSPS) is 10.4. The number of fused-ring (bicyclic) bond motifs is 1. The lowest BCUT2D eigenvalue weighted by atomic mass is 10.1. The van der Waals surface area contributed by atoms with Gasteiger partial charge in [-0.2, -0.15) is 0 Å². The van der Waals surface area contributed by atoms with Crippen LogP contribution < -0.4 is 4.74 Å². The highest BCUT2D eigenvalue weighted by Gasteiger charge is 2.01. The molecule has 3 rings (SSSR count). The van der Waals surface area contributed by atoms with E-state index in [1.54, 1.807) is 12.1 Å². The lowest BCUT2D eigenvalue weighted by molar-refractivity contribution is 0.307. The van der Waals surface area contributed by atoms with E-state index in [-0.39, 0.29) is 0 Å². The van der Waals surface area contributed by atoms with E-state index in [1.165, 1.54) is 16.3 Å². The molecule has 0 aromatic heterocycles. The molecule has 0 fully saturated rings. The van der Waals surface area contributed by atoms with Gasteiger partial charge in [-0.3, -0.25) is 0 Å². The Morgan fingerprint density at radius 3 is 2.72 bits per heavy atom. The smallest absolute Gasteiger partial charge is 0.128 e. The summed E-state index contributed by atoms with van der Waals surface area (Å²) >= 11 is 0. The Hall–Kier alpha value is -2.28. The van der Waals surface area contributed by atoms with E-state index in [0.717, 1.165) is 5.75 Å². The molecule has 2 radical (unpaired) electrons. The van der Waals surface area contributed by atoms with Gasteiger partial charge < -0.3 is 4.74 Å². The predicted octanol–water partition coefficient (Wildman–Crippen LogP) is 4.02. The minimum atomic E-state index is 0.551. The van der Waals surface area contributed by atoms with Crippen molar-refractivity contribution in [3.63, 3.8) is 0 Å². The minimum absolute atomic E-state index is 0.551. The Kier molecular flexibility index (Phi) is 2.97. The zero-order valence-electron chi connectivity index (χ0n) is 9.89. The first-order valence-corrected chi connectivity index (χ1v) is 5.91. The van der Waals surface area contributed by atoms with Crippen molar-refractivity contribution in [1.82, 2.24) is 0 Å². The fraction of sp³-hybridized carbons (Fsp3) is 0.0588. The van der Waals surface area contributed by atoms with Crippen molar-refractivity contribution >= 4 is 10.8 Å². The Morgan fingerprint density at radius 1 is 0.944 bits per heavy atom. The van der Waals surface area contributed by atoms with Crippen LogP contribution in [0.25, 0.3) is 10.8 Å². The fourth-order valence-corrected chi connectivity index (χ4v) is 1.99. The van der Waals surface area contributed by atoms with Crippen LogP contribution in [0.15, 0.2) is 60.7 Å². The average Bonchev–Trinajstić information content (AvgIpc) is 2.46. The molecule has 0 spiro atoms. The van der Waals surface area contributed by atoms with Crippen LogP contribution in [0.4, 0.5) is 0 Å². The summed E-state index contributed by atoms with van der Waals surface area (Å²) in [5, 5.41) is 2.47. The van der Waals surface area contributed by atoms with Crippen LogP contribution in [-0.2, 0) is 6.61 Å². The molecule has 1 heteroatoms. The van der Waals surface area contributed by atoms with Gasteiger partial charge in [-0.25, -0.2) is 0 Å². The summed E-state index contributed by atoms with van der Waals surface area (Å²) < 4.78 is 5.71. The van der Waals surface area contributed by atoms with E-state index in [1.807, 2.05) is 18.2 Å². The van der Waals surface area contributed by atoms with Gasteiger partial charge in [0.2, 0.25) is 0 Å². The van der Waals surface area contributed by atoms with Crippen LogP contribution >= 0.6 is 0 Å². The lowest BCUT2D eigenvalue weighted by Crippen LogP contribution is -1.96. The molecule has 86 valence electrons. The van der Waals surface area contributed by atoms with E-state index < -0.39 is 0 Å². The number of hydrogen-bond acceptors (Lipinski definition) is 1. The Bertz CT molecular complexity index is 639. The summed E-state index contributed by atoms with van der Waals surface area (Å²) in [4.78, 5) is 0. The summed E-state index contributed by atoms with van der Waals surface area (Å²) in [6.07, 6.45) is 0. The molecular formula is C17H12O. The Morgan fingerprint density at radius 2 is 1.83 bits per heavy atom. The van der Waals surface area contributed by atoms with E-state index in [4.69, 9.17) is 4.74 Å². The van der Waals surface area contributed by atoms with Gasteiger partial charge in [-0.15, -0.1) is 0 Å². The molecule has 0 saturated carbocycles. The van der Waals surface area contributed by atoms with Crippen LogP contribution in [0.1, 0.15) is 5.56 Å². The number of benzene rings is 3. The van der Waals surface area contributed by atoms with E-state index >= 15 is 0 Å². The van der Waals surface area contributed by atoms with Crippen LogP contribution in [0.5, 0.6) is 5.75 Å². The molecule has 0 N–H and O–H groups in total. The third-order valence-corrected chi connectivity index (χ3v) is 2.88. The van der Waals surface area contributed by atoms with Gasteiger partial charge in [-0.05, 0) is 34.5 Å². The highest BCUT2D eigenvalue weighted by atomic mass is 16.5. The minimum Gasteiger partial charge on any atom is -0.488 e. The third kappa shape index (κ3) is 2.21. The van der Waals surface area contributed by atoms with Gasteiger partial charge in [0.1, 0.15) is 12.4 Å². The zero-order valence-corrected chi connectivity index (χ0v) is 9.89. The molecule has 0 saturated heterocycles. The van der Waals surface area contributed by atoms with Crippen molar-refractivity contribution in [3.05, 3.63) is 78.4 Å². The van der Waals surface area contributed by atoms with Crippen molar-refractivity contribution in [2.45, 2.75) is 6.61 Å². The van der Waals surface area contributed by atoms with Crippen molar-refractivity contribution in [1.29, 1.82) is 0 Å². The quantitative estimate of drug-likeness (QED) is 0.662. The average molecular weight is 232 g/mol. The van der Waals surface area contributed by atoms with Gasteiger partial charge >= 0.3 is 0 Å². The first kappa shape index (κ1) is 10.8. The van der Waals surface area contributed by atoms with Crippen molar-refractivity contribution in [2.75, 3.05) is 0 Å². The molecule has 0 heterocycles. The van der Waals surface area contributed by atoms with Crippen molar-refractivity contribution in [2.24, 2.45) is 0 Å². The van der Waals surface area contributed by atoms with E-state index in [2.05, 4.69) is 42.5 Å². The van der Waals surface area contributed by atoms with Crippen LogP contribution in [-0.4, -0.2) is 0 Å². The summed E-state index contributed by atoms with van der Waals surface area (Å²) in [6, 6.07) is 26.0. The van der Waals surface area contributed by atoms with Crippen LogP contribution in [0.3, 0.4) is 0 Å². The molecule has 18 heavy (non-hydrogen) atoms. The summed E-state index contributed by atoms with van der Waals surface area (Å²) in [5.41, 5.74) is 1.19. The van der Waals surface area contributed by atoms with Crippen molar-refractivity contribution in [3.8, 4) is 5.75 Å². The summed E-state index contributed by atoms with van der Waals surface area (Å²) in [6.45, 7) is 0.551. The van der Waals surface area contributed by atoms with E-state index in [0.29, 0.717) is 6.61 Å². The molecule has 0 aliphatic heterocycles. The molecule has 3 aromatic rings. The monoisotopic (exact) mass is 232 g/mol. The first-order chi connectivity index (χ1) is 8.93. The molecule has 3 aromatic carbocycles.